The van der Waals surface area contributed by atoms with Gasteiger partial charge in [0, 0.05) is 6.04 Å². The van der Waals surface area contributed by atoms with E-state index in [9.17, 15) is 4.79 Å². The molecular formula is C17H25NO3. The molecule has 1 unspecified atom stereocenters. The van der Waals surface area contributed by atoms with E-state index in [0.29, 0.717) is 12.6 Å². The molecule has 116 valence electrons. The second-order valence-electron chi connectivity index (χ2n) is 5.46. The fourth-order valence-corrected chi connectivity index (χ4v) is 2.68. The molecule has 1 atom stereocenters. The maximum atomic E-state index is 11.5. The molecule has 0 amide bonds. The third-order valence-corrected chi connectivity index (χ3v) is 3.90. The molecule has 21 heavy (non-hydrogen) atoms. The van der Waals surface area contributed by atoms with E-state index in [4.69, 9.17) is 9.47 Å². The lowest BCUT2D eigenvalue weighted by Crippen LogP contribution is -2.22. The topological polar surface area (TPSA) is 47.6 Å². The zero-order valence-corrected chi connectivity index (χ0v) is 13.0. The molecule has 0 saturated heterocycles. The van der Waals surface area contributed by atoms with Gasteiger partial charge in [-0.15, -0.1) is 0 Å². The van der Waals surface area contributed by atoms with Crippen molar-refractivity contribution in [3.8, 4) is 5.75 Å². The summed E-state index contributed by atoms with van der Waals surface area (Å²) in [5, 5.41) is 3.34. The molecule has 0 spiro atoms. The van der Waals surface area contributed by atoms with E-state index in [2.05, 4.69) is 24.4 Å². The van der Waals surface area contributed by atoms with Crippen LogP contribution in [0.25, 0.3) is 0 Å². The molecule has 0 radical (unpaired) electrons. The summed E-state index contributed by atoms with van der Waals surface area (Å²) in [6, 6.07) is 6.48. The van der Waals surface area contributed by atoms with Gasteiger partial charge in [-0.05, 0) is 56.0 Å². The molecule has 1 aliphatic carbocycles. The summed E-state index contributed by atoms with van der Waals surface area (Å²) in [6.07, 6.45) is 5.39. The first kappa shape index (κ1) is 15.8. The molecule has 1 aromatic rings. The summed E-state index contributed by atoms with van der Waals surface area (Å²) in [5.74, 6) is 0.440. The summed E-state index contributed by atoms with van der Waals surface area (Å²) in [4.78, 5) is 11.5. The molecule has 1 aliphatic rings. The summed E-state index contributed by atoms with van der Waals surface area (Å²) in [7, 11) is 1.98. The normalized spacial score (nSPS) is 17.1. The largest absolute Gasteiger partial charge is 0.482 e. The zero-order chi connectivity index (χ0) is 15.1. The molecule has 2 rings (SSSR count). The highest BCUT2D eigenvalue weighted by molar-refractivity contribution is 5.71. The first-order valence-electron chi connectivity index (χ1n) is 7.83. The number of fused-ring (bicyclic) bond motifs is 1. The molecular weight excluding hydrogens is 266 g/mol. The van der Waals surface area contributed by atoms with E-state index in [0.717, 1.165) is 31.4 Å². The lowest BCUT2D eigenvalue weighted by atomic mass is 9.87. The molecule has 0 heterocycles. The van der Waals surface area contributed by atoms with Crippen molar-refractivity contribution in [2.45, 2.75) is 45.1 Å². The van der Waals surface area contributed by atoms with E-state index in [1.54, 1.807) is 0 Å². The van der Waals surface area contributed by atoms with Crippen molar-refractivity contribution in [1.82, 2.24) is 5.32 Å². The van der Waals surface area contributed by atoms with E-state index in [-0.39, 0.29) is 12.6 Å². The number of aryl methyl sites for hydroxylation is 1. The number of rotatable bonds is 7. The number of carbonyl (C=O) groups is 1. The second-order valence-corrected chi connectivity index (χ2v) is 5.46. The summed E-state index contributed by atoms with van der Waals surface area (Å²) in [5.41, 5.74) is 2.67. The number of ether oxygens (including phenoxy) is 2. The van der Waals surface area contributed by atoms with Gasteiger partial charge in [-0.2, -0.15) is 0 Å². The van der Waals surface area contributed by atoms with Crippen LogP contribution in [0.1, 0.15) is 49.8 Å². The van der Waals surface area contributed by atoms with E-state index < -0.39 is 0 Å². The van der Waals surface area contributed by atoms with Crippen LogP contribution in [0.15, 0.2) is 18.2 Å². The van der Waals surface area contributed by atoms with Gasteiger partial charge >= 0.3 is 5.97 Å². The molecule has 1 N–H and O–H groups in total. The van der Waals surface area contributed by atoms with E-state index in [1.807, 2.05) is 13.1 Å². The summed E-state index contributed by atoms with van der Waals surface area (Å²) in [6.45, 7) is 2.52. The van der Waals surface area contributed by atoms with Gasteiger partial charge in [-0.1, -0.05) is 19.4 Å². The van der Waals surface area contributed by atoms with Gasteiger partial charge in [0.2, 0.25) is 0 Å². The van der Waals surface area contributed by atoms with Gasteiger partial charge in [-0.25, -0.2) is 4.79 Å². The van der Waals surface area contributed by atoms with Crippen molar-refractivity contribution in [1.29, 1.82) is 0 Å². The number of benzene rings is 1. The minimum absolute atomic E-state index is 0.0211. The van der Waals surface area contributed by atoms with Crippen LogP contribution in [0, 0.1) is 0 Å². The van der Waals surface area contributed by atoms with Gasteiger partial charge in [0.15, 0.2) is 6.61 Å². The van der Waals surface area contributed by atoms with Gasteiger partial charge in [0.05, 0.1) is 6.61 Å². The first-order valence-corrected chi connectivity index (χ1v) is 7.83. The second kappa shape index (κ2) is 8.03. The number of nitrogens with one attached hydrogen (secondary N) is 1. The third kappa shape index (κ3) is 4.46. The Morgan fingerprint density at radius 1 is 1.43 bits per heavy atom. The van der Waals surface area contributed by atoms with Crippen molar-refractivity contribution in [2.75, 3.05) is 20.3 Å². The Bertz CT molecular complexity index is 473. The Morgan fingerprint density at radius 3 is 3.05 bits per heavy atom. The number of hydrogen-bond donors (Lipinski definition) is 1. The van der Waals surface area contributed by atoms with Crippen molar-refractivity contribution < 1.29 is 14.3 Å². The van der Waals surface area contributed by atoms with Crippen LogP contribution in [0.2, 0.25) is 0 Å². The Kier molecular flexibility index (Phi) is 6.05. The molecule has 0 aromatic heterocycles. The van der Waals surface area contributed by atoms with Crippen LogP contribution < -0.4 is 10.1 Å². The minimum Gasteiger partial charge on any atom is -0.482 e. The van der Waals surface area contributed by atoms with E-state index in [1.165, 1.54) is 17.5 Å². The Morgan fingerprint density at radius 2 is 2.29 bits per heavy atom. The predicted molar refractivity (Wildman–Crippen MR) is 82.5 cm³/mol. The molecule has 0 bridgehead atoms. The quantitative estimate of drug-likeness (QED) is 0.619. The number of unbranched alkanes of at least 4 members (excludes halogenated alkanes) is 1. The number of carbonyl (C=O) groups excluding carboxylic acids is 1. The van der Waals surface area contributed by atoms with Gasteiger partial charge in [-0.3, -0.25) is 0 Å². The SMILES string of the molecule is CCCCOC(=O)COc1ccc2c(c1)C(NC)CCC2. The van der Waals surface area contributed by atoms with Crippen LogP contribution in [-0.4, -0.2) is 26.2 Å². The number of hydrogen-bond acceptors (Lipinski definition) is 4. The minimum atomic E-state index is -0.300. The van der Waals surface area contributed by atoms with Crippen molar-refractivity contribution in [2.24, 2.45) is 0 Å². The average Bonchev–Trinajstić information content (AvgIpc) is 2.52. The molecule has 0 aliphatic heterocycles. The highest BCUT2D eigenvalue weighted by atomic mass is 16.6. The lowest BCUT2D eigenvalue weighted by molar-refractivity contribution is -0.146. The highest BCUT2D eigenvalue weighted by Crippen LogP contribution is 2.32. The first-order chi connectivity index (χ1) is 10.2. The fourth-order valence-electron chi connectivity index (χ4n) is 2.68. The fraction of sp³-hybridized carbons (Fsp3) is 0.588. The van der Waals surface area contributed by atoms with Gasteiger partial charge in [0.25, 0.3) is 0 Å². The average molecular weight is 291 g/mol. The van der Waals surface area contributed by atoms with Crippen LogP contribution in [-0.2, 0) is 16.0 Å². The van der Waals surface area contributed by atoms with Gasteiger partial charge in [0.1, 0.15) is 5.75 Å². The predicted octanol–water partition coefficient (Wildman–Crippen LogP) is 3.01. The standard InChI is InChI=1S/C17H25NO3/c1-3-4-10-20-17(19)12-21-14-9-8-13-6-5-7-16(18-2)15(13)11-14/h8-9,11,16,18H,3-7,10,12H2,1-2H3. The number of esters is 1. The summed E-state index contributed by atoms with van der Waals surface area (Å²) < 4.78 is 10.6. The molecule has 0 fully saturated rings. The molecule has 0 saturated carbocycles. The molecule has 4 heteroatoms. The lowest BCUT2D eigenvalue weighted by Gasteiger charge is -2.25. The van der Waals surface area contributed by atoms with Crippen LogP contribution in [0.5, 0.6) is 5.75 Å². The Balaban J connectivity index is 1.91. The maximum absolute atomic E-state index is 11.5. The molecule has 1 aromatic carbocycles. The zero-order valence-electron chi connectivity index (χ0n) is 13.0. The smallest absolute Gasteiger partial charge is 0.344 e. The Hall–Kier alpha value is -1.55. The van der Waals surface area contributed by atoms with Crippen molar-refractivity contribution in [3.63, 3.8) is 0 Å². The van der Waals surface area contributed by atoms with Crippen molar-refractivity contribution in [3.05, 3.63) is 29.3 Å². The highest BCUT2D eigenvalue weighted by Gasteiger charge is 2.19. The monoisotopic (exact) mass is 291 g/mol. The summed E-state index contributed by atoms with van der Waals surface area (Å²) >= 11 is 0. The van der Waals surface area contributed by atoms with E-state index >= 15 is 0 Å². The molecule has 4 nitrogen and oxygen atoms in total. The van der Waals surface area contributed by atoms with Crippen molar-refractivity contribution >= 4 is 5.97 Å². The van der Waals surface area contributed by atoms with Crippen LogP contribution in [0.4, 0.5) is 0 Å². The Labute approximate surface area is 126 Å². The third-order valence-electron chi connectivity index (χ3n) is 3.90. The van der Waals surface area contributed by atoms with Crippen LogP contribution >= 0.6 is 0 Å². The van der Waals surface area contributed by atoms with Gasteiger partial charge < -0.3 is 14.8 Å². The van der Waals surface area contributed by atoms with Crippen LogP contribution in [0.3, 0.4) is 0 Å². The maximum Gasteiger partial charge on any atom is 0.344 e.